The van der Waals surface area contributed by atoms with Crippen molar-refractivity contribution in [1.82, 2.24) is 15.5 Å². The van der Waals surface area contributed by atoms with Gasteiger partial charge in [-0.2, -0.15) is 0 Å². The van der Waals surface area contributed by atoms with E-state index in [2.05, 4.69) is 15.5 Å². The maximum atomic E-state index is 11.9. The third-order valence-electron chi connectivity index (χ3n) is 5.16. The van der Waals surface area contributed by atoms with Gasteiger partial charge in [-0.15, -0.1) is 0 Å². The first-order chi connectivity index (χ1) is 8.78. The second-order valence-electron chi connectivity index (χ2n) is 6.28. The molecule has 0 aromatic carbocycles. The fourth-order valence-corrected chi connectivity index (χ4v) is 3.79. The summed E-state index contributed by atoms with van der Waals surface area (Å²) >= 11 is 0. The van der Waals surface area contributed by atoms with Gasteiger partial charge in [0.25, 0.3) is 0 Å². The van der Waals surface area contributed by atoms with E-state index < -0.39 is 0 Å². The summed E-state index contributed by atoms with van der Waals surface area (Å²) in [6, 6.07) is 0. The molecule has 3 fully saturated rings. The van der Waals surface area contributed by atoms with Crippen LogP contribution in [0.2, 0.25) is 0 Å². The molecule has 3 aliphatic rings. The van der Waals surface area contributed by atoms with Crippen LogP contribution < -0.4 is 10.6 Å². The van der Waals surface area contributed by atoms with Crippen LogP contribution in [0.15, 0.2) is 0 Å². The molecule has 3 aliphatic heterocycles. The smallest absolute Gasteiger partial charge is 0.226 e. The van der Waals surface area contributed by atoms with Crippen molar-refractivity contribution in [1.29, 1.82) is 0 Å². The number of rotatable bonds is 2. The average Bonchev–Trinajstić information content (AvgIpc) is 2.75. The van der Waals surface area contributed by atoms with E-state index in [4.69, 9.17) is 0 Å². The molecule has 0 unspecified atom stereocenters. The number of hydrogen-bond donors (Lipinski definition) is 2. The van der Waals surface area contributed by atoms with Gasteiger partial charge in [-0.1, -0.05) is 0 Å². The zero-order valence-corrected chi connectivity index (χ0v) is 11.2. The van der Waals surface area contributed by atoms with E-state index in [1.807, 2.05) is 0 Å². The van der Waals surface area contributed by atoms with Crippen molar-refractivity contribution < 1.29 is 4.79 Å². The molecule has 3 rings (SSSR count). The van der Waals surface area contributed by atoms with Gasteiger partial charge in [0.05, 0.1) is 5.41 Å². The van der Waals surface area contributed by atoms with E-state index in [9.17, 15) is 4.79 Å². The number of carbonyl (C=O) groups is 1. The van der Waals surface area contributed by atoms with E-state index in [1.54, 1.807) is 0 Å². The lowest BCUT2D eigenvalue weighted by atomic mass is 9.77. The highest BCUT2D eigenvalue weighted by molar-refractivity contribution is 5.84. The van der Waals surface area contributed by atoms with Gasteiger partial charge in [0, 0.05) is 13.1 Å². The summed E-state index contributed by atoms with van der Waals surface area (Å²) in [6.07, 6.45) is 5.85. The second kappa shape index (κ2) is 5.17. The predicted octanol–water partition coefficient (Wildman–Crippen LogP) is 0.588. The Morgan fingerprint density at radius 1 is 1.11 bits per heavy atom. The first-order valence-corrected chi connectivity index (χ1v) is 7.50. The van der Waals surface area contributed by atoms with Gasteiger partial charge in [0.2, 0.25) is 5.91 Å². The topological polar surface area (TPSA) is 44.4 Å². The number of carbonyl (C=O) groups excluding carboxylic acids is 1. The van der Waals surface area contributed by atoms with E-state index in [1.165, 1.54) is 32.5 Å². The Balaban J connectivity index is 1.49. The van der Waals surface area contributed by atoms with Crippen LogP contribution in [0.1, 0.15) is 32.1 Å². The van der Waals surface area contributed by atoms with Crippen LogP contribution in [-0.2, 0) is 4.79 Å². The molecule has 4 nitrogen and oxygen atoms in total. The monoisotopic (exact) mass is 251 g/mol. The summed E-state index contributed by atoms with van der Waals surface area (Å²) in [5.41, 5.74) is 0.00458. The first-order valence-electron chi connectivity index (χ1n) is 7.50. The van der Waals surface area contributed by atoms with Gasteiger partial charge in [-0.3, -0.25) is 4.79 Å². The molecule has 0 aromatic heterocycles. The Morgan fingerprint density at radius 3 is 2.44 bits per heavy atom. The summed E-state index contributed by atoms with van der Waals surface area (Å²) < 4.78 is 0. The number of likely N-dealkylation sites (tertiary alicyclic amines) is 1. The van der Waals surface area contributed by atoms with Gasteiger partial charge in [0.1, 0.15) is 0 Å². The van der Waals surface area contributed by atoms with Crippen molar-refractivity contribution in [2.45, 2.75) is 32.1 Å². The zero-order valence-electron chi connectivity index (χ0n) is 11.2. The molecule has 3 heterocycles. The quantitative estimate of drug-likeness (QED) is 0.755. The lowest BCUT2D eigenvalue weighted by Gasteiger charge is -2.39. The van der Waals surface area contributed by atoms with E-state index in [0.717, 1.165) is 44.8 Å². The molecule has 0 bridgehead atoms. The molecule has 3 saturated heterocycles. The molecular formula is C14H25N3O. The van der Waals surface area contributed by atoms with Crippen molar-refractivity contribution >= 4 is 5.91 Å². The molecular weight excluding hydrogens is 226 g/mol. The molecule has 0 saturated carbocycles. The van der Waals surface area contributed by atoms with Gasteiger partial charge >= 0.3 is 0 Å². The van der Waals surface area contributed by atoms with E-state index in [-0.39, 0.29) is 5.41 Å². The van der Waals surface area contributed by atoms with Crippen LogP contribution in [0.5, 0.6) is 0 Å². The fraction of sp³-hybridized carbons (Fsp3) is 0.929. The largest absolute Gasteiger partial charge is 0.356 e. The molecule has 4 heteroatoms. The first kappa shape index (κ1) is 12.4. The Morgan fingerprint density at radius 2 is 1.83 bits per heavy atom. The van der Waals surface area contributed by atoms with Crippen LogP contribution in [0, 0.1) is 11.3 Å². The number of amides is 1. The highest BCUT2D eigenvalue weighted by Gasteiger charge is 2.44. The zero-order chi connectivity index (χ0) is 12.4. The highest BCUT2D eigenvalue weighted by atomic mass is 16.2. The maximum absolute atomic E-state index is 11.9. The predicted molar refractivity (Wildman–Crippen MR) is 71.3 cm³/mol. The minimum atomic E-state index is 0.00458. The maximum Gasteiger partial charge on any atom is 0.226 e. The number of nitrogens with zero attached hydrogens (tertiary/aromatic N) is 1. The molecule has 0 aliphatic carbocycles. The van der Waals surface area contributed by atoms with Crippen molar-refractivity contribution in [2.75, 3.05) is 39.3 Å². The fourth-order valence-electron chi connectivity index (χ4n) is 3.79. The second-order valence-corrected chi connectivity index (χ2v) is 6.28. The summed E-state index contributed by atoms with van der Waals surface area (Å²) in [7, 11) is 0. The molecule has 18 heavy (non-hydrogen) atoms. The normalized spacial score (nSPS) is 29.7. The number of hydrogen-bond acceptors (Lipinski definition) is 3. The molecule has 102 valence electrons. The third kappa shape index (κ3) is 2.41. The van der Waals surface area contributed by atoms with Crippen molar-refractivity contribution in [3.05, 3.63) is 0 Å². The summed E-state index contributed by atoms with van der Waals surface area (Å²) in [6.45, 7) is 6.76. The Labute approximate surface area is 109 Å². The molecule has 1 amide bonds. The number of nitrogens with one attached hydrogen (secondary N) is 2. The Kier molecular flexibility index (Phi) is 3.57. The van der Waals surface area contributed by atoms with E-state index >= 15 is 0 Å². The Bertz CT molecular complexity index is 304. The number of piperidine rings is 2. The molecule has 0 aromatic rings. The Hall–Kier alpha value is -0.610. The van der Waals surface area contributed by atoms with Crippen LogP contribution in [-0.4, -0.2) is 50.1 Å². The minimum absolute atomic E-state index is 0.00458. The SMILES string of the molecule is O=C1NCCC12CCN(CC1CCNCC1)CC2. The molecule has 1 spiro atoms. The lowest BCUT2D eigenvalue weighted by Crippen LogP contribution is -2.46. The van der Waals surface area contributed by atoms with Crippen LogP contribution in [0.4, 0.5) is 0 Å². The summed E-state index contributed by atoms with van der Waals surface area (Å²) in [4.78, 5) is 14.5. The van der Waals surface area contributed by atoms with Crippen LogP contribution in [0.3, 0.4) is 0 Å². The van der Waals surface area contributed by atoms with Crippen molar-refractivity contribution in [2.24, 2.45) is 11.3 Å². The van der Waals surface area contributed by atoms with Gasteiger partial charge in [-0.25, -0.2) is 0 Å². The highest BCUT2D eigenvalue weighted by Crippen LogP contribution is 2.38. The average molecular weight is 251 g/mol. The van der Waals surface area contributed by atoms with Gasteiger partial charge in [-0.05, 0) is 64.2 Å². The summed E-state index contributed by atoms with van der Waals surface area (Å²) in [5, 5.41) is 6.44. The van der Waals surface area contributed by atoms with E-state index in [0.29, 0.717) is 5.91 Å². The molecule has 0 radical (unpaired) electrons. The van der Waals surface area contributed by atoms with Crippen molar-refractivity contribution in [3.63, 3.8) is 0 Å². The van der Waals surface area contributed by atoms with Crippen LogP contribution >= 0.6 is 0 Å². The van der Waals surface area contributed by atoms with Crippen molar-refractivity contribution in [3.8, 4) is 0 Å². The van der Waals surface area contributed by atoms with Gasteiger partial charge in [0.15, 0.2) is 0 Å². The lowest BCUT2D eigenvalue weighted by molar-refractivity contribution is -0.130. The standard InChI is InChI=1S/C14H25N3O/c18-13-14(3-8-16-13)4-9-17(10-5-14)11-12-1-6-15-7-2-12/h12,15H,1-11H2,(H,16,18). The van der Waals surface area contributed by atoms with Crippen LogP contribution in [0.25, 0.3) is 0 Å². The molecule has 0 atom stereocenters. The summed E-state index contributed by atoms with van der Waals surface area (Å²) in [5.74, 6) is 1.20. The minimum Gasteiger partial charge on any atom is -0.356 e. The molecule has 2 N–H and O–H groups in total. The van der Waals surface area contributed by atoms with Gasteiger partial charge < -0.3 is 15.5 Å². The third-order valence-corrected chi connectivity index (χ3v) is 5.16.